The molecule has 6 nitrogen and oxygen atoms in total. The van der Waals surface area contributed by atoms with Crippen molar-refractivity contribution < 1.29 is 9.53 Å². The molecule has 4 rings (SSSR count). The molecule has 0 spiro atoms. The number of ether oxygens (including phenoxy) is 1. The molecule has 2 aromatic rings. The first-order valence-electron chi connectivity index (χ1n) is 8.30. The van der Waals surface area contributed by atoms with Gasteiger partial charge in [-0.05, 0) is 25.0 Å². The summed E-state index contributed by atoms with van der Waals surface area (Å²) in [6, 6.07) is 11.0. The number of carbonyl (C=O) groups is 1. The van der Waals surface area contributed by atoms with Gasteiger partial charge in [0.2, 0.25) is 0 Å². The van der Waals surface area contributed by atoms with E-state index in [0.717, 1.165) is 24.2 Å². The fraction of sp³-hybridized carbons (Fsp3) is 0.389. The molecule has 1 aromatic heterocycles. The van der Waals surface area contributed by atoms with E-state index in [1.165, 1.54) is 11.0 Å². The Morgan fingerprint density at radius 3 is 2.62 bits per heavy atom. The lowest BCUT2D eigenvalue weighted by molar-refractivity contribution is 0.131. The first kappa shape index (κ1) is 14.9. The number of benzene rings is 1. The Morgan fingerprint density at radius 1 is 1.17 bits per heavy atom. The van der Waals surface area contributed by atoms with E-state index >= 15 is 0 Å². The summed E-state index contributed by atoms with van der Waals surface area (Å²) in [5, 5.41) is 0. The van der Waals surface area contributed by atoms with Crippen LogP contribution in [0.1, 0.15) is 30.9 Å². The minimum Gasteiger partial charge on any atom is -0.442 e. The molecule has 0 radical (unpaired) electrons. The average molecular weight is 325 g/mol. The molecule has 1 atom stereocenters. The van der Waals surface area contributed by atoms with Crippen LogP contribution < -0.4 is 10.5 Å². The van der Waals surface area contributed by atoms with Crippen molar-refractivity contribution in [1.29, 1.82) is 0 Å². The number of aromatic nitrogens is 2. The predicted molar refractivity (Wildman–Crippen MR) is 89.1 cm³/mol. The van der Waals surface area contributed by atoms with Crippen LogP contribution in [-0.4, -0.2) is 28.3 Å². The second-order valence-corrected chi connectivity index (χ2v) is 6.38. The molecule has 2 heterocycles. The fourth-order valence-electron chi connectivity index (χ4n) is 3.16. The zero-order valence-electron chi connectivity index (χ0n) is 13.3. The van der Waals surface area contributed by atoms with Gasteiger partial charge in [0.05, 0.1) is 25.1 Å². The number of hydrogen-bond acceptors (Lipinski definition) is 4. The molecule has 1 saturated heterocycles. The number of hydrogen-bond donors (Lipinski definition) is 0. The third-order valence-electron chi connectivity index (χ3n) is 4.77. The summed E-state index contributed by atoms with van der Waals surface area (Å²) in [5.74, 6) is 0.435. The Morgan fingerprint density at radius 2 is 1.96 bits per heavy atom. The van der Waals surface area contributed by atoms with Gasteiger partial charge in [-0.25, -0.2) is 9.78 Å². The second-order valence-electron chi connectivity index (χ2n) is 6.38. The highest BCUT2D eigenvalue weighted by atomic mass is 16.6. The Hall–Kier alpha value is -2.63. The zero-order chi connectivity index (χ0) is 16.5. The van der Waals surface area contributed by atoms with E-state index in [4.69, 9.17) is 4.74 Å². The van der Waals surface area contributed by atoms with E-state index in [9.17, 15) is 9.59 Å². The van der Waals surface area contributed by atoms with Gasteiger partial charge in [0.1, 0.15) is 6.10 Å². The number of rotatable bonds is 4. The smallest absolute Gasteiger partial charge is 0.414 e. The summed E-state index contributed by atoms with van der Waals surface area (Å²) in [4.78, 5) is 30.3. The topological polar surface area (TPSA) is 64.4 Å². The van der Waals surface area contributed by atoms with Crippen molar-refractivity contribution in [2.45, 2.75) is 37.8 Å². The largest absolute Gasteiger partial charge is 0.442 e. The molecule has 1 aliphatic carbocycles. The minimum absolute atomic E-state index is 0.0823. The van der Waals surface area contributed by atoms with Crippen molar-refractivity contribution in [2.75, 3.05) is 11.4 Å². The monoisotopic (exact) mass is 325 g/mol. The Balaban J connectivity index is 1.46. The molecular weight excluding hydrogens is 306 g/mol. The van der Waals surface area contributed by atoms with Crippen molar-refractivity contribution in [3.05, 3.63) is 58.8 Å². The summed E-state index contributed by atoms with van der Waals surface area (Å²) < 4.78 is 6.92. The Kier molecular flexibility index (Phi) is 3.80. The summed E-state index contributed by atoms with van der Waals surface area (Å²) in [5.41, 5.74) is 1.61. The summed E-state index contributed by atoms with van der Waals surface area (Å²) in [7, 11) is 0. The Labute approximate surface area is 139 Å². The van der Waals surface area contributed by atoms with Gasteiger partial charge in [-0.15, -0.1) is 0 Å². The van der Waals surface area contributed by atoms with Crippen molar-refractivity contribution in [2.24, 2.45) is 0 Å². The summed E-state index contributed by atoms with van der Waals surface area (Å²) >= 11 is 0. The molecule has 2 fully saturated rings. The van der Waals surface area contributed by atoms with Gasteiger partial charge in [-0.1, -0.05) is 24.6 Å². The first-order valence-corrected chi connectivity index (χ1v) is 8.30. The zero-order valence-corrected chi connectivity index (χ0v) is 13.3. The maximum absolute atomic E-state index is 12.3. The van der Waals surface area contributed by atoms with Gasteiger partial charge >= 0.3 is 6.09 Å². The number of cyclic esters (lactones) is 1. The summed E-state index contributed by atoms with van der Waals surface area (Å²) in [6.45, 7) is 0.755. The van der Waals surface area contributed by atoms with E-state index in [1.807, 2.05) is 30.3 Å². The lowest BCUT2D eigenvalue weighted by Gasteiger charge is -2.24. The van der Waals surface area contributed by atoms with Gasteiger partial charge in [-0.3, -0.25) is 14.3 Å². The number of para-hydroxylation sites is 1. The molecule has 24 heavy (non-hydrogen) atoms. The molecule has 0 N–H and O–H groups in total. The molecule has 0 bridgehead atoms. The average Bonchev–Trinajstić information content (AvgIpc) is 2.90. The lowest BCUT2D eigenvalue weighted by Crippen LogP contribution is -2.30. The van der Waals surface area contributed by atoms with Gasteiger partial charge in [0.15, 0.2) is 0 Å². The van der Waals surface area contributed by atoms with E-state index in [0.29, 0.717) is 19.0 Å². The molecule has 1 aromatic carbocycles. The molecule has 124 valence electrons. The van der Waals surface area contributed by atoms with Crippen molar-refractivity contribution in [3.8, 4) is 0 Å². The van der Waals surface area contributed by atoms with Crippen molar-refractivity contribution in [3.63, 3.8) is 0 Å². The van der Waals surface area contributed by atoms with E-state index < -0.39 is 0 Å². The lowest BCUT2D eigenvalue weighted by atomic mass is 9.83. The third kappa shape index (κ3) is 2.79. The van der Waals surface area contributed by atoms with Crippen LogP contribution in [0.3, 0.4) is 0 Å². The van der Waals surface area contributed by atoms with Crippen LogP contribution in [0.25, 0.3) is 0 Å². The van der Waals surface area contributed by atoms with Gasteiger partial charge < -0.3 is 4.74 Å². The van der Waals surface area contributed by atoms with E-state index in [1.54, 1.807) is 17.3 Å². The number of nitrogens with zero attached hydrogens (tertiary/aromatic N) is 3. The van der Waals surface area contributed by atoms with Crippen LogP contribution in [0.4, 0.5) is 10.5 Å². The fourth-order valence-corrected chi connectivity index (χ4v) is 3.16. The highest BCUT2D eigenvalue weighted by Crippen LogP contribution is 2.34. The normalized spacial score (nSPS) is 20.8. The number of anilines is 1. The Bertz CT molecular complexity index is 799. The molecular formula is C18H19N3O3. The molecule has 2 aliphatic rings. The predicted octanol–water partition coefficient (Wildman–Crippen LogP) is 2.54. The van der Waals surface area contributed by atoms with Crippen LogP contribution in [0.5, 0.6) is 0 Å². The highest BCUT2D eigenvalue weighted by Gasteiger charge is 2.32. The van der Waals surface area contributed by atoms with Gasteiger partial charge in [-0.2, -0.15) is 0 Å². The number of carbonyl (C=O) groups excluding carboxylic acids is 1. The van der Waals surface area contributed by atoms with E-state index in [2.05, 4.69) is 4.98 Å². The SMILES string of the molecule is O=C1O[C@H](Cn2cnc(C3CCC3)cc2=O)CN1c1ccccc1. The molecule has 1 amide bonds. The van der Waals surface area contributed by atoms with Crippen molar-refractivity contribution in [1.82, 2.24) is 9.55 Å². The maximum Gasteiger partial charge on any atom is 0.414 e. The van der Waals surface area contributed by atoms with Crippen LogP contribution >= 0.6 is 0 Å². The standard InChI is InChI=1S/C18H19N3O3/c22-17-9-16(13-5-4-6-13)19-12-20(17)10-15-11-21(18(23)24-15)14-7-2-1-3-8-14/h1-3,7-9,12-13,15H,4-6,10-11H2/t15-/m1/s1. The molecule has 6 heteroatoms. The minimum atomic E-state index is -0.377. The second kappa shape index (κ2) is 6.11. The van der Waals surface area contributed by atoms with Crippen LogP contribution in [0.15, 0.2) is 47.5 Å². The quantitative estimate of drug-likeness (QED) is 0.866. The van der Waals surface area contributed by atoms with Crippen LogP contribution in [0, 0.1) is 0 Å². The first-order chi connectivity index (χ1) is 11.7. The highest BCUT2D eigenvalue weighted by molar-refractivity contribution is 5.89. The number of amides is 1. The van der Waals surface area contributed by atoms with Gasteiger partial charge in [0, 0.05) is 17.7 Å². The molecule has 1 aliphatic heterocycles. The van der Waals surface area contributed by atoms with Gasteiger partial charge in [0.25, 0.3) is 5.56 Å². The van der Waals surface area contributed by atoms with Crippen LogP contribution in [0.2, 0.25) is 0 Å². The maximum atomic E-state index is 12.3. The molecule has 1 saturated carbocycles. The summed E-state index contributed by atoms with van der Waals surface area (Å²) in [6.07, 6.45) is 4.29. The molecule has 0 unspecified atom stereocenters. The third-order valence-corrected chi connectivity index (χ3v) is 4.77. The van der Waals surface area contributed by atoms with E-state index in [-0.39, 0.29) is 17.8 Å². The van der Waals surface area contributed by atoms with Crippen LogP contribution in [-0.2, 0) is 11.3 Å². The van der Waals surface area contributed by atoms with Crippen molar-refractivity contribution >= 4 is 11.8 Å².